The molecular weight excluding hydrogens is 1270 g/mol. The molecule has 0 aromatic carbocycles. The summed E-state index contributed by atoms with van der Waals surface area (Å²) in [5.41, 5.74) is 41.0. The number of amides is 3. The van der Waals surface area contributed by atoms with Gasteiger partial charge in [-0.1, -0.05) is 69.5 Å². The van der Waals surface area contributed by atoms with Crippen LogP contribution in [-0.2, 0) is 12.4 Å². The molecule has 5 aromatic rings. The number of aromatic nitrogens is 5. The zero-order chi connectivity index (χ0) is 62.1. The average molecular weight is 1350 g/mol. The van der Waals surface area contributed by atoms with Gasteiger partial charge in [-0.15, -0.1) is 0 Å². The van der Waals surface area contributed by atoms with Gasteiger partial charge in [-0.05, 0) is 157 Å². The number of halogens is 7. The summed E-state index contributed by atoms with van der Waals surface area (Å²) >= 11 is 3.62. The molecule has 14 N–H and O–H groups in total. The summed E-state index contributed by atoms with van der Waals surface area (Å²) in [4.78, 5) is 62.7. The fourth-order valence-electron chi connectivity index (χ4n) is 13.9. The lowest BCUT2D eigenvalue weighted by atomic mass is 9.71. The Balaban J connectivity index is 0.000000157. The molecule has 3 aliphatic carbocycles. The van der Waals surface area contributed by atoms with Gasteiger partial charge < -0.3 is 54.8 Å². The first-order chi connectivity index (χ1) is 40.6. The van der Waals surface area contributed by atoms with E-state index in [1.807, 2.05) is 9.80 Å². The number of anilines is 6. The first-order valence-corrected chi connectivity index (χ1v) is 31.7. The SMILES string of the molecule is C[C@@H]1CCCC12CCN(c1nc(N)c(I)cc1C(N)=O)CC2.C[C@@H]1CCCC12CCN(c1nc(N)c(Sc3cccnc3C(F)(F)F)cc1C(N)=O)CC2.NC(=O)c1cc(Sc2cccnc2C(F)(F)F)c(N)nc1N1CCC2(CCC[C@H]2N)CC1. The van der Waals surface area contributed by atoms with Crippen LogP contribution in [0.4, 0.5) is 61.2 Å². The summed E-state index contributed by atoms with van der Waals surface area (Å²) in [5.74, 6) is 1.63. The van der Waals surface area contributed by atoms with E-state index in [0.29, 0.717) is 58.7 Å². The van der Waals surface area contributed by atoms with Crippen LogP contribution in [0.25, 0.3) is 0 Å². The lowest BCUT2D eigenvalue weighted by Gasteiger charge is -2.43. The highest BCUT2D eigenvalue weighted by molar-refractivity contribution is 14.1. The van der Waals surface area contributed by atoms with Gasteiger partial charge in [-0.25, -0.2) is 15.0 Å². The molecule has 3 saturated heterocycles. The van der Waals surface area contributed by atoms with Gasteiger partial charge in [0.25, 0.3) is 17.7 Å². The third-order valence-corrected chi connectivity index (χ3v) is 22.2. The highest BCUT2D eigenvalue weighted by Gasteiger charge is 2.46. The lowest BCUT2D eigenvalue weighted by molar-refractivity contribution is -0.144. The maximum absolute atomic E-state index is 13.3. The van der Waals surface area contributed by atoms with Crippen molar-refractivity contribution in [1.29, 1.82) is 0 Å². The molecule has 0 unspecified atom stereocenters. The minimum atomic E-state index is -4.62. The van der Waals surface area contributed by atoms with Crippen molar-refractivity contribution in [2.45, 2.75) is 148 Å². The van der Waals surface area contributed by atoms with E-state index in [1.165, 1.54) is 87.8 Å². The summed E-state index contributed by atoms with van der Waals surface area (Å²) < 4.78 is 80.6. The summed E-state index contributed by atoms with van der Waals surface area (Å²) in [7, 11) is 0. The van der Waals surface area contributed by atoms with Gasteiger partial charge in [0, 0.05) is 67.5 Å². The minimum Gasteiger partial charge on any atom is -0.383 e. The molecule has 3 spiro atoms. The predicted molar refractivity (Wildman–Crippen MR) is 330 cm³/mol. The summed E-state index contributed by atoms with van der Waals surface area (Å²) in [6.07, 6.45) is 10.1. The standard InChI is InChI=1S/C22H26F3N5OS.C21H25F3N6OS.C16H23IN4O/c1-13-4-2-6-21(13)7-10-30(11-8-21)20-14(19(27)31)12-16(18(26)29-20)32-15-5-3-9-28-17(15)22(23,24)25;22-21(23,24)16-13(3-2-8-28-16)32-14-11-12(18(27)31)19(29-17(14)26)30-9-6-20(7-10-30)5-1-4-15(20)25;1-10-3-2-4-16(10)5-7-21(8-6-16)15-11(14(19)22)9-12(17)13(18)20-15/h3,5,9,12-13H,2,4,6-8,10-11H2,1H3,(H2,26,29)(H2,27,31);2-3,8,11,15H,1,4-7,9-10,25H2,(H2,26,29)(H2,27,31);9-10H,2-8H2,1H3,(H2,18,20)(H2,19,22)/t13-;15-;10-/m111/s1. The van der Waals surface area contributed by atoms with Gasteiger partial charge in [0.1, 0.15) is 34.9 Å². The Morgan fingerprint density at radius 3 is 1.19 bits per heavy atom. The molecule has 8 heterocycles. The molecule has 3 amide bonds. The van der Waals surface area contributed by atoms with Gasteiger partial charge in [0.15, 0.2) is 11.4 Å². The summed E-state index contributed by atoms with van der Waals surface area (Å²) in [6.45, 7) is 9.36. The third-order valence-electron chi connectivity index (χ3n) is 19.2. The molecule has 6 aliphatic rings. The number of primary amides is 3. The molecule has 0 bridgehead atoms. The Bertz CT molecular complexity index is 3160. The van der Waals surface area contributed by atoms with E-state index >= 15 is 0 Å². The summed E-state index contributed by atoms with van der Waals surface area (Å²) in [5, 5.41) is 0. The molecule has 464 valence electrons. The van der Waals surface area contributed by atoms with Crippen LogP contribution >= 0.6 is 46.1 Å². The van der Waals surface area contributed by atoms with E-state index in [-0.39, 0.29) is 53.8 Å². The number of alkyl halides is 6. The first-order valence-electron chi connectivity index (χ1n) is 29.0. The number of nitrogens with two attached hydrogens (primary N) is 7. The largest absolute Gasteiger partial charge is 0.434 e. The topological polar surface area (TPSA) is 308 Å². The second kappa shape index (κ2) is 25.9. The van der Waals surface area contributed by atoms with Gasteiger partial charge in [0.05, 0.1) is 30.1 Å². The Morgan fingerprint density at radius 1 is 0.523 bits per heavy atom. The number of piperidine rings is 3. The second-order valence-corrected chi connectivity index (χ2v) is 27.2. The fourth-order valence-corrected chi connectivity index (χ4v) is 16.3. The lowest BCUT2D eigenvalue weighted by Crippen LogP contribution is -2.47. The number of rotatable bonds is 10. The van der Waals surface area contributed by atoms with Crippen molar-refractivity contribution in [3.05, 3.63) is 86.5 Å². The molecule has 5 aromatic heterocycles. The molecule has 6 fully saturated rings. The van der Waals surface area contributed by atoms with Crippen LogP contribution in [0.15, 0.2) is 74.4 Å². The molecule has 27 heteroatoms. The van der Waals surface area contributed by atoms with E-state index in [0.717, 1.165) is 117 Å². The van der Waals surface area contributed by atoms with Crippen LogP contribution in [0, 0.1) is 31.7 Å². The van der Waals surface area contributed by atoms with E-state index in [4.69, 9.17) is 40.1 Å². The van der Waals surface area contributed by atoms with E-state index in [1.54, 1.807) is 6.07 Å². The van der Waals surface area contributed by atoms with Crippen molar-refractivity contribution in [1.82, 2.24) is 24.9 Å². The molecule has 86 heavy (non-hydrogen) atoms. The van der Waals surface area contributed by atoms with Crippen molar-refractivity contribution in [2.24, 2.45) is 51.0 Å². The van der Waals surface area contributed by atoms with Crippen molar-refractivity contribution in [3.63, 3.8) is 0 Å². The number of nitrogen functional groups attached to an aromatic ring is 3. The van der Waals surface area contributed by atoms with Crippen LogP contribution < -0.4 is 54.8 Å². The second-order valence-electron chi connectivity index (χ2n) is 23.8. The van der Waals surface area contributed by atoms with Gasteiger partial charge >= 0.3 is 12.4 Å². The molecular formula is C59H74F6IN15O3S2. The van der Waals surface area contributed by atoms with Gasteiger partial charge in [-0.3, -0.25) is 24.4 Å². The normalized spacial score (nSPS) is 21.5. The number of carbonyl (C=O) groups excluding carboxylic acids is 3. The van der Waals surface area contributed by atoms with E-state index in [2.05, 4.69) is 66.3 Å². The number of nitrogens with zero attached hydrogens (tertiary/aromatic N) is 8. The zero-order valence-electron chi connectivity index (χ0n) is 48.1. The van der Waals surface area contributed by atoms with Crippen LogP contribution in [-0.4, -0.2) is 88.0 Å². The van der Waals surface area contributed by atoms with Crippen molar-refractivity contribution < 1.29 is 40.7 Å². The van der Waals surface area contributed by atoms with Crippen LogP contribution in [0.3, 0.4) is 0 Å². The quantitative estimate of drug-likeness (QED) is 0.0505. The number of pyridine rings is 5. The zero-order valence-corrected chi connectivity index (χ0v) is 51.9. The molecule has 3 saturated carbocycles. The Morgan fingerprint density at radius 2 is 0.860 bits per heavy atom. The summed E-state index contributed by atoms with van der Waals surface area (Å²) in [6, 6.07) is 10.2. The van der Waals surface area contributed by atoms with Crippen molar-refractivity contribution >= 4 is 98.7 Å². The highest BCUT2D eigenvalue weighted by atomic mass is 127. The predicted octanol–water partition coefficient (Wildman–Crippen LogP) is 10.9. The fraction of sp³-hybridized carbons (Fsp3) is 0.525. The third kappa shape index (κ3) is 13.8. The van der Waals surface area contributed by atoms with E-state index in [9.17, 15) is 40.7 Å². The van der Waals surface area contributed by atoms with Gasteiger partial charge in [0.2, 0.25) is 0 Å². The van der Waals surface area contributed by atoms with Crippen LogP contribution in [0.2, 0.25) is 0 Å². The van der Waals surface area contributed by atoms with E-state index < -0.39 is 41.5 Å². The number of hydrogen-bond acceptors (Lipinski definition) is 17. The van der Waals surface area contributed by atoms with Crippen molar-refractivity contribution in [3.8, 4) is 0 Å². The Kier molecular flexibility index (Phi) is 19.4. The van der Waals surface area contributed by atoms with Crippen molar-refractivity contribution in [2.75, 3.05) is 71.2 Å². The Hall–Kier alpha value is -6.07. The molecule has 3 atom stereocenters. The number of carbonyl (C=O) groups is 3. The Labute approximate surface area is 518 Å². The molecule has 18 nitrogen and oxygen atoms in total. The minimum absolute atomic E-state index is 0.0323. The average Bonchev–Trinajstić information content (AvgIpc) is 2.53. The highest BCUT2D eigenvalue weighted by Crippen LogP contribution is 2.53. The maximum atomic E-state index is 13.3. The molecule has 11 rings (SSSR count). The first kappa shape index (κ1) is 64.4. The smallest absolute Gasteiger partial charge is 0.383 e. The van der Waals surface area contributed by atoms with Gasteiger partial charge in [-0.2, -0.15) is 26.3 Å². The monoisotopic (exact) mass is 1350 g/mol. The number of hydrogen-bond donors (Lipinski definition) is 7. The maximum Gasteiger partial charge on any atom is 0.434 e. The molecule has 0 radical (unpaired) electrons. The van der Waals surface area contributed by atoms with Crippen LogP contribution in [0.1, 0.15) is 153 Å². The van der Waals surface area contributed by atoms with Crippen LogP contribution in [0.5, 0.6) is 0 Å². The molecule has 3 aliphatic heterocycles.